The van der Waals surface area contributed by atoms with Crippen molar-refractivity contribution in [3.05, 3.63) is 38.4 Å². The fraction of sp³-hybridized carbons (Fsp3) is 0.545. The van der Waals surface area contributed by atoms with Crippen molar-refractivity contribution in [2.45, 2.75) is 38.3 Å². The van der Waals surface area contributed by atoms with Crippen molar-refractivity contribution in [1.29, 1.82) is 0 Å². The number of aliphatic hydroxyl groups is 1. The molecule has 1 aromatic heterocycles. The molecule has 206 valence electrons. The van der Waals surface area contributed by atoms with Crippen LogP contribution in [0.1, 0.15) is 34.9 Å². The Morgan fingerprint density at radius 2 is 1.62 bits per heavy atom. The minimum atomic E-state index is -6.13. The molecule has 0 spiro atoms. The van der Waals surface area contributed by atoms with Gasteiger partial charge in [0.1, 0.15) is 10.7 Å². The highest BCUT2D eigenvalue weighted by atomic mass is 35.5. The quantitative estimate of drug-likeness (QED) is 0.365. The highest BCUT2D eigenvalue weighted by molar-refractivity contribution is 7.99. The van der Waals surface area contributed by atoms with Crippen LogP contribution < -0.4 is 0 Å². The summed E-state index contributed by atoms with van der Waals surface area (Å²) in [6.45, 7) is 6.22. The average molecular weight is 610 g/mol. The Labute approximate surface area is 227 Å². The van der Waals surface area contributed by atoms with Crippen molar-refractivity contribution < 1.29 is 36.2 Å². The maximum Gasteiger partial charge on any atom is 0.430 e. The molecule has 0 radical (unpaired) electrons. The molecule has 3 rings (SSSR count). The summed E-state index contributed by atoms with van der Waals surface area (Å²) >= 11 is 15.0. The first-order valence-electron chi connectivity index (χ1n) is 11.1. The Morgan fingerprint density at radius 1 is 1.05 bits per heavy atom. The Morgan fingerprint density at radius 3 is 2.14 bits per heavy atom. The predicted octanol–water partition coefficient (Wildman–Crippen LogP) is 6.46. The van der Waals surface area contributed by atoms with Crippen molar-refractivity contribution in [1.82, 2.24) is 14.8 Å². The lowest BCUT2D eigenvalue weighted by Gasteiger charge is -2.33. The number of alkyl halides is 6. The zero-order valence-corrected chi connectivity index (χ0v) is 22.8. The molecule has 1 amide bonds. The Balaban J connectivity index is 2.16. The van der Waals surface area contributed by atoms with Crippen molar-refractivity contribution in [3.8, 4) is 10.4 Å². The molecule has 0 unspecified atom stereocenters. The van der Waals surface area contributed by atoms with E-state index in [2.05, 4.69) is 9.88 Å². The van der Waals surface area contributed by atoms with Crippen LogP contribution in [0, 0.1) is 0 Å². The second-order valence-electron chi connectivity index (χ2n) is 8.15. The average Bonchev–Trinajstić information content (AvgIpc) is 3.23. The van der Waals surface area contributed by atoms with Crippen LogP contribution in [-0.4, -0.2) is 75.8 Å². The summed E-state index contributed by atoms with van der Waals surface area (Å²) in [7, 11) is 0. The van der Waals surface area contributed by atoms with Gasteiger partial charge in [-0.1, -0.05) is 35.3 Å². The molecule has 0 bridgehead atoms. The van der Waals surface area contributed by atoms with Gasteiger partial charge in [-0.2, -0.15) is 38.1 Å². The first-order chi connectivity index (χ1) is 17.2. The molecule has 2 aromatic rings. The van der Waals surface area contributed by atoms with E-state index in [0.29, 0.717) is 30.7 Å². The van der Waals surface area contributed by atoms with Gasteiger partial charge in [0, 0.05) is 48.8 Å². The Hall–Kier alpha value is -1.25. The number of hydrogen-bond acceptors (Lipinski definition) is 6. The highest BCUT2D eigenvalue weighted by Crippen LogP contribution is 2.54. The smallest absolute Gasteiger partial charge is 0.369 e. The zero-order valence-electron chi connectivity index (χ0n) is 19.6. The summed E-state index contributed by atoms with van der Waals surface area (Å²) in [6.07, 6.45) is -12.3. The number of nitrogens with zero attached hydrogens (tertiary/aromatic N) is 3. The lowest BCUT2D eigenvalue weighted by atomic mass is 9.91. The van der Waals surface area contributed by atoms with Crippen LogP contribution in [0.5, 0.6) is 0 Å². The van der Waals surface area contributed by atoms with Gasteiger partial charge >= 0.3 is 12.4 Å². The molecular weight excluding hydrogens is 587 g/mol. The second kappa shape index (κ2) is 11.5. The van der Waals surface area contributed by atoms with E-state index in [4.69, 9.17) is 23.2 Å². The number of thiazole rings is 1. The molecule has 37 heavy (non-hydrogen) atoms. The SMILES string of the molecule is CCN(CC)C(=O)c1nc(CN2CCSCC2)sc1-c1ccc(C(O)(C(F)(F)F)C(F)(F)F)c(Cl)c1Cl. The van der Waals surface area contributed by atoms with E-state index in [1.54, 1.807) is 13.8 Å². The fourth-order valence-corrected chi connectivity index (χ4v) is 6.57. The van der Waals surface area contributed by atoms with Crippen LogP contribution in [0.3, 0.4) is 0 Å². The molecule has 1 aliphatic heterocycles. The minimum absolute atomic E-state index is 0.0253. The number of hydrogen-bond donors (Lipinski definition) is 1. The standard InChI is InChI=1S/C22H23Cl2F6N3O2S2/c1-3-33(4-2)19(34)17-18(37-14(31-17)11-32-7-9-36-10-8-32)12-5-6-13(16(24)15(12)23)20(35,21(25,26)27)22(28,29)30/h5-6,35H,3-4,7-11H2,1-2H3. The second-order valence-corrected chi connectivity index (χ2v) is 11.2. The number of amides is 1. The summed E-state index contributed by atoms with van der Waals surface area (Å²) in [5.41, 5.74) is -6.99. The van der Waals surface area contributed by atoms with E-state index < -0.39 is 39.5 Å². The molecule has 15 heteroatoms. The first kappa shape index (κ1) is 30.3. The number of halogens is 8. The fourth-order valence-electron chi connectivity index (χ4n) is 3.84. The van der Waals surface area contributed by atoms with Gasteiger partial charge in [-0.15, -0.1) is 11.3 Å². The summed E-state index contributed by atoms with van der Waals surface area (Å²) in [5, 5.41) is 8.57. The van der Waals surface area contributed by atoms with Gasteiger partial charge in [-0.05, 0) is 13.8 Å². The van der Waals surface area contributed by atoms with Gasteiger partial charge < -0.3 is 10.0 Å². The monoisotopic (exact) mass is 609 g/mol. The van der Waals surface area contributed by atoms with E-state index in [1.807, 2.05) is 11.8 Å². The lowest BCUT2D eigenvalue weighted by molar-refractivity contribution is -0.376. The molecule has 0 saturated carbocycles. The molecule has 1 fully saturated rings. The van der Waals surface area contributed by atoms with E-state index in [0.717, 1.165) is 42.0 Å². The topological polar surface area (TPSA) is 56.7 Å². The Kier molecular flexibility index (Phi) is 9.39. The molecule has 2 heterocycles. The third kappa shape index (κ3) is 5.86. The lowest BCUT2D eigenvalue weighted by Crippen LogP contribution is -2.54. The normalized spacial score (nSPS) is 15.8. The van der Waals surface area contributed by atoms with Crippen LogP contribution in [0.25, 0.3) is 10.4 Å². The van der Waals surface area contributed by atoms with Crippen LogP contribution in [0.4, 0.5) is 26.3 Å². The van der Waals surface area contributed by atoms with Crippen molar-refractivity contribution in [2.75, 3.05) is 37.7 Å². The summed E-state index contributed by atoms with van der Waals surface area (Å²) in [4.78, 5) is 21.5. The maximum atomic E-state index is 13.4. The van der Waals surface area contributed by atoms with Gasteiger partial charge in [-0.25, -0.2) is 4.98 Å². The van der Waals surface area contributed by atoms with Crippen LogP contribution >= 0.6 is 46.3 Å². The van der Waals surface area contributed by atoms with E-state index >= 15 is 0 Å². The third-order valence-electron chi connectivity index (χ3n) is 5.92. The molecule has 1 aliphatic rings. The molecule has 1 N–H and O–H groups in total. The molecule has 0 atom stereocenters. The van der Waals surface area contributed by atoms with Gasteiger partial charge in [0.25, 0.3) is 11.5 Å². The maximum absolute atomic E-state index is 13.4. The highest BCUT2D eigenvalue weighted by Gasteiger charge is 2.72. The van der Waals surface area contributed by atoms with Crippen LogP contribution in [0.2, 0.25) is 10.0 Å². The number of rotatable bonds is 7. The van der Waals surface area contributed by atoms with Gasteiger partial charge in [0.2, 0.25) is 0 Å². The molecular formula is C22H23Cl2F6N3O2S2. The summed E-state index contributed by atoms with van der Waals surface area (Å²) in [6, 6.07) is 1.32. The van der Waals surface area contributed by atoms with Crippen LogP contribution in [-0.2, 0) is 12.1 Å². The zero-order chi connectivity index (χ0) is 27.8. The number of carbonyl (C=O) groups excluding carboxylic acids is 1. The number of carbonyl (C=O) groups is 1. The minimum Gasteiger partial charge on any atom is -0.369 e. The number of benzene rings is 1. The van der Waals surface area contributed by atoms with E-state index in [9.17, 15) is 36.2 Å². The Bertz CT molecular complexity index is 1120. The molecule has 5 nitrogen and oxygen atoms in total. The summed E-state index contributed by atoms with van der Waals surface area (Å²) < 4.78 is 80.7. The summed E-state index contributed by atoms with van der Waals surface area (Å²) in [5.74, 6) is 1.39. The third-order valence-corrected chi connectivity index (χ3v) is 8.82. The molecule has 1 saturated heterocycles. The molecule has 0 aliphatic carbocycles. The van der Waals surface area contributed by atoms with E-state index in [1.165, 1.54) is 4.90 Å². The van der Waals surface area contributed by atoms with E-state index in [-0.39, 0.29) is 16.1 Å². The first-order valence-corrected chi connectivity index (χ1v) is 13.8. The van der Waals surface area contributed by atoms with Gasteiger partial charge in [-0.3, -0.25) is 9.69 Å². The van der Waals surface area contributed by atoms with Crippen molar-refractivity contribution in [2.24, 2.45) is 0 Å². The van der Waals surface area contributed by atoms with Crippen LogP contribution in [0.15, 0.2) is 12.1 Å². The van der Waals surface area contributed by atoms with Crippen molar-refractivity contribution >= 4 is 52.2 Å². The van der Waals surface area contributed by atoms with Gasteiger partial charge in [0.15, 0.2) is 0 Å². The predicted molar refractivity (Wildman–Crippen MR) is 133 cm³/mol. The van der Waals surface area contributed by atoms with Gasteiger partial charge in [0.05, 0.1) is 21.5 Å². The largest absolute Gasteiger partial charge is 0.430 e. The van der Waals surface area contributed by atoms with Crippen molar-refractivity contribution in [3.63, 3.8) is 0 Å². The number of aromatic nitrogens is 1. The number of thioether (sulfide) groups is 1. The molecule has 1 aromatic carbocycles.